The van der Waals surface area contributed by atoms with Gasteiger partial charge in [-0.25, -0.2) is 0 Å². The van der Waals surface area contributed by atoms with Gasteiger partial charge < -0.3 is 10.1 Å². The maximum absolute atomic E-state index is 5.74. The van der Waals surface area contributed by atoms with Crippen molar-refractivity contribution in [2.75, 3.05) is 6.61 Å². The highest BCUT2D eigenvalue weighted by Gasteiger charge is 2.23. The van der Waals surface area contributed by atoms with Crippen molar-refractivity contribution in [3.8, 4) is 5.75 Å². The average Bonchev–Trinajstić information content (AvgIpc) is 3.21. The van der Waals surface area contributed by atoms with E-state index >= 15 is 0 Å². The summed E-state index contributed by atoms with van der Waals surface area (Å²) in [7, 11) is 0. The third-order valence-corrected chi connectivity index (χ3v) is 3.93. The first-order chi connectivity index (χ1) is 9.63. The van der Waals surface area contributed by atoms with Crippen molar-refractivity contribution in [1.82, 2.24) is 5.32 Å². The van der Waals surface area contributed by atoms with E-state index in [1.165, 1.54) is 24.8 Å². The van der Waals surface area contributed by atoms with Gasteiger partial charge in [0.2, 0.25) is 0 Å². The number of nitrogens with one attached hydrogen (secondary N) is 1. The van der Waals surface area contributed by atoms with Crippen LogP contribution in [0.4, 0.5) is 0 Å². The van der Waals surface area contributed by atoms with Crippen molar-refractivity contribution in [1.29, 1.82) is 0 Å². The lowest BCUT2D eigenvalue weighted by Crippen LogP contribution is -2.25. The molecule has 1 unspecified atom stereocenters. The molecule has 2 rings (SSSR count). The lowest BCUT2D eigenvalue weighted by molar-refractivity contribution is 0.289. The van der Waals surface area contributed by atoms with Gasteiger partial charge in [-0.2, -0.15) is 0 Å². The second-order valence-corrected chi connectivity index (χ2v) is 6.64. The minimum atomic E-state index is 0.629. The maximum Gasteiger partial charge on any atom is 0.119 e. The van der Waals surface area contributed by atoms with Gasteiger partial charge in [0.1, 0.15) is 5.75 Å². The van der Waals surface area contributed by atoms with Gasteiger partial charge in [0.05, 0.1) is 6.61 Å². The Labute approximate surface area is 123 Å². The zero-order chi connectivity index (χ0) is 14.4. The topological polar surface area (TPSA) is 21.3 Å². The Morgan fingerprint density at radius 1 is 1.15 bits per heavy atom. The molecule has 0 spiro atoms. The fraction of sp³-hybridized carbons (Fsp3) is 0.667. The number of rotatable bonds is 9. The molecule has 0 amide bonds. The van der Waals surface area contributed by atoms with E-state index in [0.29, 0.717) is 12.0 Å². The van der Waals surface area contributed by atoms with Gasteiger partial charge in [0.25, 0.3) is 0 Å². The molecule has 0 aromatic heterocycles. The number of ether oxygens (including phenoxy) is 1. The van der Waals surface area contributed by atoms with Crippen LogP contribution in [0.5, 0.6) is 5.75 Å². The lowest BCUT2D eigenvalue weighted by atomic mass is 10.1. The van der Waals surface area contributed by atoms with E-state index in [2.05, 4.69) is 50.4 Å². The van der Waals surface area contributed by atoms with E-state index in [-0.39, 0.29) is 0 Å². The smallest absolute Gasteiger partial charge is 0.119 e. The maximum atomic E-state index is 5.74. The number of hydrogen-bond acceptors (Lipinski definition) is 2. The van der Waals surface area contributed by atoms with E-state index in [1.54, 1.807) is 0 Å². The van der Waals surface area contributed by atoms with Crippen LogP contribution in [-0.4, -0.2) is 12.6 Å². The van der Waals surface area contributed by atoms with E-state index < -0.39 is 0 Å². The monoisotopic (exact) mass is 275 g/mol. The summed E-state index contributed by atoms with van der Waals surface area (Å²) >= 11 is 0. The summed E-state index contributed by atoms with van der Waals surface area (Å²) < 4.78 is 5.74. The highest BCUT2D eigenvalue weighted by atomic mass is 16.5. The lowest BCUT2D eigenvalue weighted by Gasteiger charge is -2.13. The minimum Gasteiger partial charge on any atom is -0.494 e. The SMILES string of the molecule is CC(C)CCOc1ccc(CNC(C)CC2CC2)cc1. The first-order valence-electron chi connectivity index (χ1n) is 8.08. The van der Waals surface area contributed by atoms with Crippen molar-refractivity contribution < 1.29 is 4.74 Å². The third kappa shape index (κ3) is 5.96. The summed E-state index contributed by atoms with van der Waals surface area (Å²) in [5, 5.41) is 3.61. The predicted octanol–water partition coefficient (Wildman–Crippen LogP) is 4.39. The Morgan fingerprint density at radius 2 is 1.85 bits per heavy atom. The molecule has 1 fully saturated rings. The highest BCUT2D eigenvalue weighted by molar-refractivity contribution is 5.27. The Morgan fingerprint density at radius 3 is 2.45 bits per heavy atom. The van der Waals surface area contributed by atoms with E-state index in [4.69, 9.17) is 4.74 Å². The summed E-state index contributed by atoms with van der Waals surface area (Å²) in [6.07, 6.45) is 5.32. The van der Waals surface area contributed by atoms with Gasteiger partial charge >= 0.3 is 0 Å². The van der Waals surface area contributed by atoms with E-state index in [1.807, 2.05) is 0 Å². The summed E-state index contributed by atoms with van der Waals surface area (Å²) in [6, 6.07) is 9.14. The van der Waals surface area contributed by atoms with Crippen LogP contribution in [-0.2, 0) is 6.54 Å². The normalized spacial score (nSPS) is 16.4. The predicted molar refractivity (Wildman–Crippen MR) is 85.0 cm³/mol. The molecule has 1 saturated carbocycles. The molecular formula is C18H29NO. The molecule has 0 aliphatic heterocycles. The summed E-state index contributed by atoms with van der Waals surface area (Å²) in [5.41, 5.74) is 1.34. The molecule has 0 heterocycles. The van der Waals surface area contributed by atoms with Gasteiger partial charge in [-0.3, -0.25) is 0 Å². The standard InChI is InChI=1S/C18H29NO/c1-14(2)10-11-20-18-8-6-17(7-9-18)13-19-15(3)12-16-4-5-16/h6-9,14-16,19H,4-5,10-13H2,1-3H3. The number of benzene rings is 1. The van der Waals surface area contributed by atoms with E-state index in [0.717, 1.165) is 31.2 Å². The molecule has 1 N–H and O–H groups in total. The largest absolute Gasteiger partial charge is 0.494 e. The molecular weight excluding hydrogens is 246 g/mol. The molecule has 0 saturated heterocycles. The molecule has 20 heavy (non-hydrogen) atoms. The second-order valence-electron chi connectivity index (χ2n) is 6.64. The van der Waals surface area contributed by atoms with Gasteiger partial charge in [-0.1, -0.05) is 38.8 Å². The molecule has 0 bridgehead atoms. The Hall–Kier alpha value is -1.02. The summed E-state index contributed by atoms with van der Waals surface area (Å²) in [6.45, 7) is 8.51. The van der Waals surface area contributed by atoms with Gasteiger partial charge in [0.15, 0.2) is 0 Å². The molecule has 0 radical (unpaired) electrons. The molecule has 2 nitrogen and oxygen atoms in total. The van der Waals surface area contributed by atoms with Gasteiger partial charge in [-0.05, 0) is 49.3 Å². The fourth-order valence-electron chi connectivity index (χ4n) is 2.34. The molecule has 112 valence electrons. The van der Waals surface area contributed by atoms with Crippen molar-refractivity contribution >= 4 is 0 Å². The van der Waals surface area contributed by atoms with Crippen LogP contribution < -0.4 is 10.1 Å². The zero-order valence-corrected chi connectivity index (χ0v) is 13.2. The van der Waals surface area contributed by atoms with Crippen LogP contribution in [0.1, 0.15) is 52.0 Å². The van der Waals surface area contributed by atoms with Crippen LogP contribution >= 0.6 is 0 Å². The minimum absolute atomic E-state index is 0.629. The Kier molecular flexibility index (Phi) is 5.90. The molecule has 1 aliphatic carbocycles. The number of hydrogen-bond donors (Lipinski definition) is 1. The molecule has 1 aromatic rings. The first kappa shape index (κ1) is 15.4. The second kappa shape index (κ2) is 7.68. The van der Waals surface area contributed by atoms with Gasteiger partial charge in [-0.15, -0.1) is 0 Å². The van der Waals surface area contributed by atoms with Crippen LogP contribution in [0.2, 0.25) is 0 Å². The van der Waals surface area contributed by atoms with Crippen molar-refractivity contribution in [2.24, 2.45) is 11.8 Å². The first-order valence-corrected chi connectivity index (χ1v) is 8.08. The van der Waals surface area contributed by atoms with Crippen LogP contribution in [0.25, 0.3) is 0 Å². The zero-order valence-electron chi connectivity index (χ0n) is 13.2. The average molecular weight is 275 g/mol. The molecule has 1 aliphatic rings. The quantitative estimate of drug-likeness (QED) is 0.721. The molecule has 1 atom stereocenters. The van der Waals surface area contributed by atoms with Crippen molar-refractivity contribution in [3.63, 3.8) is 0 Å². The Balaban J connectivity index is 1.67. The van der Waals surface area contributed by atoms with Crippen molar-refractivity contribution in [3.05, 3.63) is 29.8 Å². The van der Waals surface area contributed by atoms with Crippen LogP contribution in [0.15, 0.2) is 24.3 Å². The summed E-state index contributed by atoms with van der Waals surface area (Å²) in [5.74, 6) is 2.68. The van der Waals surface area contributed by atoms with Gasteiger partial charge in [0, 0.05) is 12.6 Å². The highest BCUT2D eigenvalue weighted by Crippen LogP contribution is 2.33. The summed E-state index contributed by atoms with van der Waals surface area (Å²) in [4.78, 5) is 0. The van der Waals surface area contributed by atoms with E-state index in [9.17, 15) is 0 Å². The fourth-order valence-corrected chi connectivity index (χ4v) is 2.34. The van der Waals surface area contributed by atoms with Crippen LogP contribution in [0.3, 0.4) is 0 Å². The third-order valence-electron chi connectivity index (χ3n) is 3.93. The van der Waals surface area contributed by atoms with Crippen LogP contribution in [0, 0.1) is 11.8 Å². The molecule has 1 aromatic carbocycles. The molecule has 2 heteroatoms. The van der Waals surface area contributed by atoms with Crippen molar-refractivity contribution in [2.45, 2.75) is 59.0 Å². The Bertz CT molecular complexity index is 381.